The Labute approximate surface area is 122 Å². The highest BCUT2D eigenvalue weighted by molar-refractivity contribution is 5.57. The molecule has 1 aromatic heterocycles. The molecule has 0 spiro atoms. The van der Waals surface area contributed by atoms with E-state index in [-0.39, 0.29) is 0 Å². The van der Waals surface area contributed by atoms with Crippen LogP contribution in [-0.4, -0.2) is 23.6 Å². The van der Waals surface area contributed by atoms with Crippen LogP contribution in [0, 0.1) is 12.8 Å². The molecule has 112 valence electrons. The maximum Gasteiger partial charge on any atom is 0.135 e. The summed E-state index contributed by atoms with van der Waals surface area (Å²) in [4.78, 5) is 9.29. The lowest BCUT2D eigenvalue weighted by atomic mass is 9.89. The second kappa shape index (κ2) is 6.91. The number of rotatable bonds is 5. The van der Waals surface area contributed by atoms with Crippen LogP contribution in [-0.2, 0) is 0 Å². The Hall–Kier alpha value is -1.32. The first-order valence-electron chi connectivity index (χ1n) is 7.92. The number of hydrogen-bond acceptors (Lipinski definition) is 4. The molecule has 0 unspecified atom stereocenters. The zero-order valence-corrected chi connectivity index (χ0v) is 13.3. The van der Waals surface area contributed by atoms with Crippen LogP contribution in [0.25, 0.3) is 0 Å². The molecule has 4 nitrogen and oxygen atoms in total. The fourth-order valence-corrected chi connectivity index (χ4v) is 2.84. The maximum atomic E-state index is 4.70. The SMILES string of the molecule is CNc1nc(C(C)C)nc(NCC2CCCCC2)c1C. The normalized spacial score (nSPS) is 16.4. The Kier molecular flexibility index (Phi) is 5.21. The van der Waals surface area contributed by atoms with Gasteiger partial charge in [0.25, 0.3) is 0 Å². The van der Waals surface area contributed by atoms with Gasteiger partial charge in [-0.1, -0.05) is 33.1 Å². The predicted molar refractivity (Wildman–Crippen MR) is 85.5 cm³/mol. The molecular formula is C16H28N4. The molecule has 1 saturated carbocycles. The highest BCUT2D eigenvalue weighted by atomic mass is 15.1. The highest BCUT2D eigenvalue weighted by Gasteiger charge is 2.16. The quantitative estimate of drug-likeness (QED) is 0.855. The van der Waals surface area contributed by atoms with Crippen LogP contribution < -0.4 is 10.6 Å². The van der Waals surface area contributed by atoms with Gasteiger partial charge in [0.2, 0.25) is 0 Å². The van der Waals surface area contributed by atoms with Crippen molar-refractivity contribution < 1.29 is 0 Å². The lowest BCUT2D eigenvalue weighted by Crippen LogP contribution is -2.19. The fourth-order valence-electron chi connectivity index (χ4n) is 2.84. The molecule has 0 aliphatic heterocycles. The van der Waals surface area contributed by atoms with Crippen molar-refractivity contribution in [3.8, 4) is 0 Å². The van der Waals surface area contributed by atoms with E-state index in [0.717, 1.165) is 35.5 Å². The van der Waals surface area contributed by atoms with E-state index in [9.17, 15) is 0 Å². The lowest BCUT2D eigenvalue weighted by molar-refractivity contribution is 0.373. The van der Waals surface area contributed by atoms with E-state index in [0.29, 0.717) is 5.92 Å². The maximum absolute atomic E-state index is 4.70. The Morgan fingerprint density at radius 2 is 1.75 bits per heavy atom. The second-order valence-electron chi connectivity index (χ2n) is 6.19. The molecule has 1 aliphatic rings. The van der Waals surface area contributed by atoms with E-state index in [2.05, 4.69) is 36.4 Å². The third-order valence-electron chi connectivity index (χ3n) is 4.20. The summed E-state index contributed by atoms with van der Waals surface area (Å²) in [6.45, 7) is 7.39. The number of aromatic nitrogens is 2. The van der Waals surface area contributed by atoms with E-state index in [1.165, 1.54) is 32.1 Å². The smallest absolute Gasteiger partial charge is 0.135 e. The molecule has 0 radical (unpaired) electrons. The van der Waals surface area contributed by atoms with Crippen molar-refractivity contribution in [2.75, 3.05) is 24.2 Å². The van der Waals surface area contributed by atoms with Gasteiger partial charge in [-0.15, -0.1) is 0 Å². The van der Waals surface area contributed by atoms with Gasteiger partial charge >= 0.3 is 0 Å². The standard InChI is InChI=1S/C16H28N4/c1-11(2)14-19-15(17-4)12(3)16(20-14)18-10-13-8-6-5-7-9-13/h11,13H,5-10H2,1-4H3,(H2,17,18,19,20). The molecule has 2 N–H and O–H groups in total. The molecule has 20 heavy (non-hydrogen) atoms. The molecule has 1 fully saturated rings. The van der Waals surface area contributed by atoms with Crippen molar-refractivity contribution in [3.63, 3.8) is 0 Å². The molecular weight excluding hydrogens is 248 g/mol. The number of nitrogens with one attached hydrogen (secondary N) is 2. The molecule has 0 atom stereocenters. The van der Waals surface area contributed by atoms with Crippen molar-refractivity contribution in [3.05, 3.63) is 11.4 Å². The average Bonchev–Trinajstić information content (AvgIpc) is 2.47. The van der Waals surface area contributed by atoms with Gasteiger partial charge in [-0.25, -0.2) is 9.97 Å². The van der Waals surface area contributed by atoms with Gasteiger partial charge in [0.05, 0.1) is 0 Å². The van der Waals surface area contributed by atoms with Crippen LogP contribution in [0.1, 0.15) is 63.3 Å². The minimum absolute atomic E-state index is 0.345. The molecule has 1 aromatic rings. The summed E-state index contributed by atoms with van der Waals surface area (Å²) in [5.41, 5.74) is 1.12. The first kappa shape index (κ1) is 15.1. The van der Waals surface area contributed by atoms with Crippen LogP contribution in [0.2, 0.25) is 0 Å². The summed E-state index contributed by atoms with van der Waals surface area (Å²) in [6.07, 6.45) is 6.88. The van der Waals surface area contributed by atoms with Gasteiger partial charge in [0, 0.05) is 25.1 Å². The Morgan fingerprint density at radius 3 is 2.35 bits per heavy atom. The van der Waals surface area contributed by atoms with Crippen molar-refractivity contribution in [2.45, 2.75) is 58.8 Å². The van der Waals surface area contributed by atoms with Gasteiger partial charge in [0.1, 0.15) is 17.5 Å². The summed E-state index contributed by atoms with van der Waals surface area (Å²) in [5.74, 6) is 4.00. The largest absolute Gasteiger partial charge is 0.373 e. The molecule has 2 rings (SSSR count). The minimum atomic E-state index is 0.345. The van der Waals surface area contributed by atoms with Crippen molar-refractivity contribution >= 4 is 11.6 Å². The fraction of sp³-hybridized carbons (Fsp3) is 0.750. The van der Waals surface area contributed by atoms with Gasteiger partial charge in [0.15, 0.2) is 0 Å². The first-order valence-corrected chi connectivity index (χ1v) is 7.92. The number of hydrogen-bond donors (Lipinski definition) is 2. The minimum Gasteiger partial charge on any atom is -0.373 e. The summed E-state index contributed by atoms with van der Waals surface area (Å²) >= 11 is 0. The summed E-state index contributed by atoms with van der Waals surface area (Å²) < 4.78 is 0. The van der Waals surface area contributed by atoms with Gasteiger partial charge < -0.3 is 10.6 Å². The second-order valence-corrected chi connectivity index (χ2v) is 6.19. The van der Waals surface area contributed by atoms with Crippen LogP contribution in [0.3, 0.4) is 0 Å². The monoisotopic (exact) mass is 276 g/mol. The Morgan fingerprint density at radius 1 is 1.10 bits per heavy atom. The molecule has 0 bridgehead atoms. The van der Waals surface area contributed by atoms with E-state index in [1.54, 1.807) is 0 Å². The van der Waals surface area contributed by atoms with E-state index >= 15 is 0 Å². The van der Waals surface area contributed by atoms with Crippen molar-refractivity contribution in [1.29, 1.82) is 0 Å². The number of anilines is 2. The van der Waals surface area contributed by atoms with Gasteiger partial charge in [-0.05, 0) is 25.7 Å². The lowest BCUT2D eigenvalue weighted by Gasteiger charge is -2.23. The van der Waals surface area contributed by atoms with Crippen LogP contribution in [0.15, 0.2) is 0 Å². The molecule has 0 aromatic carbocycles. The molecule has 0 amide bonds. The average molecular weight is 276 g/mol. The predicted octanol–water partition coefficient (Wildman–Crippen LogP) is 3.94. The zero-order valence-electron chi connectivity index (χ0n) is 13.3. The van der Waals surface area contributed by atoms with Crippen LogP contribution >= 0.6 is 0 Å². The topological polar surface area (TPSA) is 49.8 Å². The van der Waals surface area contributed by atoms with E-state index in [1.807, 2.05) is 7.05 Å². The van der Waals surface area contributed by atoms with Gasteiger partial charge in [-0.2, -0.15) is 0 Å². The molecule has 0 saturated heterocycles. The third-order valence-corrected chi connectivity index (χ3v) is 4.20. The zero-order chi connectivity index (χ0) is 14.5. The van der Waals surface area contributed by atoms with Crippen LogP contribution in [0.5, 0.6) is 0 Å². The summed E-state index contributed by atoms with van der Waals surface area (Å²) in [6, 6.07) is 0. The summed E-state index contributed by atoms with van der Waals surface area (Å²) in [5, 5.41) is 6.74. The summed E-state index contributed by atoms with van der Waals surface area (Å²) in [7, 11) is 1.92. The van der Waals surface area contributed by atoms with Gasteiger partial charge in [-0.3, -0.25) is 0 Å². The molecule has 1 heterocycles. The Bertz CT molecular complexity index is 436. The van der Waals surface area contributed by atoms with E-state index < -0.39 is 0 Å². The third kappa shape index (κ3) is 3.62. The molecule has 4 heteroatoms. The first-order chi connectivity index (χ1) is 9.61. The van der Waals surface area contributed by atoms with E-state index in [4.69, 9.17) is 4.98 Å². The molecule has 1 aliphatic carbocycles. The van der Waals surface area contributed by atoms with Crippen molar-refractivity contribution in [1.82, 2.24) is 9.97 Å². The highest BCUT2D eigenvalue weighted by Crippen LogP contribution is 2.26. The number of nitrogens with zero attached hydrogens (tertiary/aromatic N) is 2. The van der Waals surface area contributed by atoms with Crippen molar-refractivity contribution in [2.24, 2.45) is 5.92 Å². The Balaban J connectivity index is 2.10. The van der Waals surface area contributed by atoms with Crippen LogP contribution in [0.4, 0.5) is 11.6 Å².